The molecule has 0 radical (unpaired) electrons. The van der Waals surface area contributed by atoms with Gasteiger partial charge in [-0.25, -0.2) is 0 Å². The number of rotatable bonds is 3. The van der Waals surface area contributed by atoms with E-state index in [2.05, 4.69) is 12.2 Å². The average molecular weight is 224 g/mol. The van der Waals surface area contributed by atoms with Gasteiger partial charge in [0.05, 0.1) is 12.7 Å². The van der Waals surface area contributed by atoms with E-state index in [0.29, 0.717) is 0 Å². The topological polar surface area (TPSA) is 32.3 Å². The second-order valence-corrected chi connectivity index (χ2v) is 5.60. The van der Waals surface area contributed by atoms with Crippen LogP contribution in [-0.4, -0.2) is 30.1 Å². The van der Waals surface area contributed by atoms with Gasteiger partial charge in [-0.3, -0.25) is 10.1 Å². The summed E-state index contributed by atoms with van der Waals surface area (Å²) in [7, 11) is 0. The maximum Gasteiger partial charge on any atom is 0.240 e. The number of nitrogens with zero attached hydrogens (tertiary/aromatic N) is 1. The van der Waals surface area contributed by atoms with Crippen LogP contribution < -0.4 is 5.32 Å². The third-order valence-corrected chi connectivity index (χ3v) is 4.21. The molecule has 1 amide bonds. The van der Waals surface area contributed by atoms with Crippen LogP contribution in [0.2, 0.25) is 0 Å². The molecule has 0 aromatic rings. The lowest BCUT2D eigenvalue weighted by Gasteiger charge is -2.27. The first-order chi connectivity index (χ1) is 7.66. The SMILES string of the molecule is CC1CCC(CCN2CNC(C)C2=O)CC1. The molecule has 92 valence electrons. The smallest absolute Gasteiger partial charge is 0.240 e. The molecule has 2 rings (SSSR count). The predicted octanol–water partition coefficient (Wildman–Crippen LogP) is 1.98. The molecule has 0 aromatic heterocycles. The van der Waals surface area contributed by atoms with Crippen LogP contribution in [0.15, 0.2) is 0 Å². The Labute approximate surface area is 98.6 Å². The van der Waals surface area contributed by atoms with Gasteiger partial charge in [0.2, 0.25) is 5.91 Å². The van der Waals surface area contributed by atoms with Gasteiger partial charge in [-0.05, 0) is 25.2 Å². The molecule has 2 fully saturated rings. The Balaban J connectivity index is 1.70. The Morgan fingerprint density at radius 2 is 1.94 bits per heavy atom. The van der Waals surface area contributed by atoms with E-state index in [0.717, 1.165) is 25.0 Å². The van der Waals surface area contributed by atoms with Crippen LogP contribution in [0.5, 0.6) is 0 Å². The fraction of sp³-hybridized carbons (Fsp3) is 0.923. The lowest BCUT2D eigenvalue weighted by molar-refractivity contribution is -0.128. The van der Waals surface area contributed by atoms with E-state index in [1.807, 2.05) is 11.8 Å². The second kappa shape index (κ2) is 5.17. The molecule has 1 unspecified atom stereocenters. The molecule has 1 atom stereocenters. The summed E-state index contributed by atoms with van der Waals surface area (Å²) in [5.41, 5.74) is 0. The molecule has 1 saturated carbocycles. The highest BCUT2D eigenvalue weighted by molar-refractivity contribution is 5.83. The monoisotopic (exact) mass is 224 g/mol. The normalized spacial score (nSPS) is 35.8. The van der Waals surface area contributed by atoms with Crippen molar-refractivity contribution in [1.82, 2.24) is 10.2 Å². The van der Waals surface area contributed by atoms with Crippen molar-refractivity contribution in [2.24, 2.45) is 11.8 Å². The van der Waals surface area contributed by atoms with Crippen molar-refractivity contribution in [2.75, 3.05) is 13.2 Å². The number of hydrogen-bond acceptors (Lipinski definition) is 2. The number of amides is 1. The van der Waals surface area contributed by atoms with Crippen molar-refractivity contribution in [3.63, 3.8) is 0 Å². The van der Waals surface area contributed by atoms with Crippen molar-refractivity contribution in [3.05, 3.63) is 0 Å². The summed E-state index contributed by atoms with van der Waals surface area (Å²) >= 11 is 0. The standard InChI is InChI=1S/C13H24N2O/c1-10-3-5-12(6-4-10)7-8-15-9-14-11(2)13(15)16/h10-12,14H,3-9H2,1-2H3. The predicted molar refractivity (Wildman–Crippen MR) is 64.9 cm³/mol. The minimum absolute atomic E-state index is 0.0337. The zero-order valence-electron chi connectivity index (χ0n) is 10.5. The molecule has 16 heavy (non-hydrogen) atoms. The zero-order valence-corrected chi connectivity index (χ0v) is 10.5. The first kappa shape index (κ1) is 11.9. The van der Waals surface area contributed by atoms with Crippen molar-refractivity contribution in [2.45, 2.75) is 52.0 Å². The number of nitrogens with one attached hydrogen (secondary N) is 1. The van der Waals surface area contributed by atoms with Gasteiger partial charge >= 0.3 is 0 Å². The summed E-state index contributed by atoms with van der Waals surface area (Å²) < 4.78 is 0. The summed E-state index contributed by atoms with van der Waals surface area (Å²) in [6, 6.07) is 0.0337. The molecule has 1 aliphatic heterocycles. The van der Waals surface area contributed by atoms with E-state index in [1.165, 1.54) is 32.1 Å². The van der Waals surface area contributed by atoms with Crippen LogP contribution in [-0.2, 0) is 4.79 Å². The first-order valence-electron chi connectivity index (χ1n) is 6.69. The van der Waals surface area contributed by atoms with Crippen LogP contribution in [0, 0.1) is 11.8 Å². The molecule has 0 bridgehead atoms. The lowest BCUT2D eigenvalue weighted by Crippen LogP contribution is -2.30. The maximum absolute atomic E-state index is 11.7. The molecule has 2 aliphatic rings. The highest BCUT2D eigenvalue weighted by Crippen LogP contribution is 2.30. The highest BCUT2D eigenvalue weighted by atomic mass is 16.2. The summed E-state index contributed by atoms with van der Waals surface area (Å²) in [6.07, 6.45) is 6.70. The van der Waals surface area contributed by atoms with E-state index in [9.17, 15) is 4.79 Å². The Morgan fingerprint density at radius 1 is 1.25 bits per heavy atom. The van der Waals surface area contributed by atoms with Gasteiger partial charge in [0.25, 0.3) is 0 Å². The number of carbonyl (C=O) groups excluding carboxylic acids is 1. The van der Waals surface area contributed by atoms with E-state index < -0.39 is 0 Å². The summed E-state index contributed by atoms with van der Waals surface area (Å²) in [4.78, 5) is 13.7. The van der Waals surface area contributed by atoms with E-state index >= 15 is 0 Å². The third-order valence-electron chi connectivity index (χ3n) is 4.21. The van der Waals surface area contributed by atoms with Gasteiger partial charge in [0.1, 0.15) is 0 Å². The average Bonchev–Trinajstić information content (AvgIpc) is 2.60. The van der Waals surface area contributed by atoms with Gasteiger partial charge in [-0.15, -0.1) is 0 Å². The molecule has 3 heteroatoms. The first-order valence-corrected chi connectivity index (χ1v) is 6.69. The molecular weight excluding hydrogens is 200 g/mol. The van der Waals surface area contributed by atoms with Gasteiger partial charge in [-0.1, -0.05) is 32.6 Å². The van der Waals surface area contributed by atoms with Crippen molar-refractivity contribution in [1.29, 1.82) is 0 Å². The molecule has 1 heterocycles. The Kier molecular flexibility index (Phi) is 3.85. The van der Waals surface area contributed by atoms with E-state index in [1.54, 1.807) is 0 Å². The van der Waals surface area contributed by atoms with Gasteiger partial charge in [-0.2, -0.15) is 0 Å². The summed E-state index contributed by atoms with van der Waals surface area (Å²) in [6.45, 7) is 6.01. The zero-order chi connectivity index (χ0) is 11.5. The van der Waals surface area contributed by atoms with Crippen LogP contribution in [0.4, 0.5) is 0 Å². The summed E-state index contributed by atoms with van der Waals surface area (Å²) in [5.74, 6) is 2.07. The molecule has 3 nitrogen and oxygen atoms in total. The molecular formula is C13H24N2O. The summed E-state index contributed by atoms with van der Waals surface area (Å²) in [5, 5.41) is 3.19. The molecule has 1 saturated heterocycles. The van der Waals surface area contributed by atoms with Gasteiger partial charge < -0.3 is 4.90 Å². The van der Waals surface area contributed by atoms with Crippen LogP contribution in [0.3, 0.4) is 0 Å². The van der Waals surface area contributed by atoms with Crippen LogP contribution in [0.1, 0.15) is 46.0 Å². The minimum Gasteiger partial charge on any atom is -0.329 e. The fourth-order valence-corrected chi connectivity index (χ4v) is 2.83. The molecule has 0 aromatic carbocycles. The lowest BCUT2D eigenvalue weighted by atomic mass is 9.81. The Morgan fingerprint density at radius 3 is 2.50 bits per heavy atom. The van der Waals surface area contributed by atoms with Crippen LogP contribution >= 0.6 is 0 Å². The molecule has 1 aliphatic carbocycles. The van der Waals surface area contributed by atoms with Crippen molar-refractivity contribution >= 4 is 5.91 Å². The van der Waals surface area contributed by atoms with Crippen LogP contribution in [0.25, 0.3) is 0 Å². The van der Waals surface area contributed by atoms with E-state index in [-0.39, 0.29) is 11.9 Å². The second-order valence-electron chi connectivity index (χ2n) is 5.60. The van der Waals surface area contributed by atoms with Gasteiger partial charge in [0.15, 0.2) is 0 Å². The third kappa shape index (κ3) is 2.76. The number of hydrogen-bond donors (Lipinski definition) is 1. The Hall–Kier alpha value is -0.570. The van der Waals surface area contributed by atoms with Crippen molar-refractivity contribution in [3.8, 4) is 0 Å². The molecule has 1 N–H and O–H groups in total. The van der Waals surface area contributed by atoms with E-state index in [4.69, 9.17) is 0 Å². The maximum atomic E-state index is 11.7. The van der Waals surface area contributed by atoms with Crippen molar-refractivity contribution < 1.29 is 4.79 Å². The fourth-order valence-electron chi connectivity index (χ4n) is 2.83. The molecule has 0 spiro atoms. The minimum atomic E-state index is 0.0337. The Bertz CT molecular complexity index is 246. The quantitative estimate of drug-likeness (QED) is 0.795. The largest absolute Gasteiger partial charge is 0.329 e. The van der Waals surface area contributed by atoms with Gasteiger partial charge in [0, 0.05) is 6.54 Å². The highest BCUT2D eigenvalue weighted by Gasteiger charge is 2.27. The number of carbonyl (C=O) groups is 1.